The normalized spacial score (nSPS) is 17.2. The molecule has 0 atom stereocenters. The number of nitrogens with zero attached hydrogens (tertiary/aromatic N) is 3. The Morgan fingerprint density at radius 1 is 1.19 bits per heavy atom. The van der Waals surface area contributed by atoms with Crippen molar-refractivity contribution in [2.75, 3.05) is 34.8 Å². The molecule has 0 saturated carbocycles. The van der Waals surface area contributed by atoms with Crippen molar-refractivity contribution in [3.63, 3.8) is 0 Å². The van der Waals surface area contributed by atoms with E-state index in [0.29, 0.717) is 17.2 Å². The Balaban J connectivity index is 1.37. The summed E-state index contributed by atoms with van der Waals surface area (Å²) in [5.74, 6) is 0.0299. The van der Waals surface area contributed by atoms with Crippen LogP contribution in [-0.4, -0.2) is 36.4 Å². The summed E-state index contributed by atoms with van der Waals surface area (Å²) in [6.45, 7) is 2.88. The highest BCUT2D eigenvalue weighted by molar-refractivity contribution is 7.14. The van der Waals surface area contributed by atoms with Crippen molar-refractivity contribution in [3.05, 3.63) is 35.3 Å². The van der Waals surface area contributed by atoms with Crippen LogP contribution < -0.4 is 15.1 Å². The zero-order valence-electron chi connectivity index (χ0n) is 14.6. The summed E-state index contributed by atoms with van der Waals surface area (Å²) in [5, 5.41) is 5.52. The number of aromatic nitrogens is 1. The highest BCUT2D eigenvalue weighted by atomic mass is 32.1. The topological polar surface area (TPSA) is 65.5 Å². The standard InChI is InChI=1S/C19H22N4O2S/c24-17(12-15-13-26-19(21-15)23-10-4-7-18(23)25)20-14-5-3-6-16(11-14)22-8-1-2-9-22/h3,5-6,11,13H,1-2,4,7-10,12H2,(H,20,24). The molecule has 0 bridgehead atoms. The molecular formula is C19H22N4O2S. The lowest BCUT2D eigenvalue weighted by atomic mass is 10.2. The van der Waals surface area contributed by atoms with Crippen LogP contribution in [0.15, 0.2) is 29.6 Å². The molecule has 2 amide bonds. The number of nitrogens with one attached hydrogen (secondary N) is 1. The lowest BCUT2D eigenvalue weighted by Crippen LogP contribution is -2.23. The molecule has 1 aromatic heterocycles. The summed E-state index contributed by atoms with van der Waals surface area (Å²) >= 11 is 1.43. The van der Waals surface area contributed by atoms with E-state index in [1.807, 2.05) is 23.6 Å². The average Bonchev–Trinajstić information content (AvgIpc) is 3.36. The first kappa shape index (κ1) is 17.0. The smallest absolute Gasteiger partial charge is 0.230 e. The van der Waals surface area contributed by atoms with Crippen LogP contribution in [0.5, 0.6) is 0 Å². The quantitative estimate of drug-likeness (QED) is 0.879. The lowest BCUT2D eigenvalue weighted by molar-refractivity contribution is -0.117. The van der Waals surface area contributed by atoms with E-state index in [0.717, 1.165) is 37.4 Å². The number of hydrogen-bond acceptors (Lipinski definition) is 5. The van der Waals surface area contributed by atoms with Crippen LogP contribution in [0.3, 0.4) is 0 Å². The number of rotatable bonds is 5. The molecule has 3 heterocycles. The van der Waals surface area contributed by atoms with Crippen molar-refractivity contribution in [1.82, 2.24) is 4.98 Å². The average molecular weight is 370 g/mol. The van der Waals surface area contributed by atoms with Gasteiger partial charge < -0.3 is 10.2 Å². The van der Waals surface area contributed by atoms with Gasteiger partial charge in [-0.1, -0.05) is 6.07 Å². The predicted octanol–water partition coefficient (Wildman–Crippen LogP) is 3.05. The van der Waals surface area contributed by atoms with Gasteiger partial charge in [0, 0.05) is 42.8 Å². The lowest BCUT2D eigenvalue weighted by Gasteiger charge is -2.18. The molecule has 4 rings (SSSR count). The van der Waals surface area contributed by atoms with Crippen LogP contribution >= 0.6 is 11.3 Å². The number of carbonyl (C=O) groups excluding carboxylic acids is 2. The van der Waals surface area contributed by atoms with Gasteiger partial charge in [0.2, 0.25) is 11.8 Å². The third-order valence-corrected chi connectivity index (χ3v) is 5.70. The molecule has 7 heteroatoms. The van der Waals surface area contributed by atoms with E-state index in [9.17, 15) is 9.59 Å². The van der Waals surface area contributed by atoms with Crippen molar-refractivity contribution < 1.29 is 9.59 Å². The van der Waals surface area contributed by atoms with Gasteiger partial charge >= 0.3 is 0 Å². The van der Waals surface area contributed by atoms with Gasteiger partial charge in [0.25, 0.3) is 0 Å². The third kappa shape index (κ3) is 3.72. The summed E-state index contributed by atoms with van der Waals surface area (Å²) in [5.41, 5.74) is 2.67. The van der Waals surface area contributed by atoms with E-state index in [-0.39, 0.29) is 18.2 Å². The van der Waals surface area contributed by atoms with Gasteiger partial charge in [-0.15, -0.1) is 11.3 Å². The van der Waals surface area contributed by atoms with E-state index < -0.39 is 0 Å². The molecule has 0 radical (unpaired) electrons. The number of anilines is 3. The fourth-order valence-corrected chi connectivity index (χ4v) is 4.34. The Bertz CT molecular complexity index is 813. The van der Waals surface area contributed by atoms with Crippen molar-refractivity contribution >= 4 is 39.7 Å². The van der Waals surface area contributed by atoms with Gasteiger partial charge in [-0.2, -0.15) is 0 Å². The Morgan fingerprint density at radius 3 is 2.81 bits per heavy atom. The minimum atomic E-state index is -0.0897. The summed E-state index contributed by atoms with van der Waals surface area (Å²) in [4.78, 5) is 32.7. The molecule has 2 aliphatic rings. The third-order valence-electron chi connectivity index (χ3n) is 4.79. The SMILES string of the molecule is O=C(Cc1csc(N2CCCC2=O)n1)Nc1cccc(N2CCCC2)c1. The molecule has 6 nitrogen and oxygen atoms in total. The Morgan fingerprint density at radius 2 is 2.04 bits per heavy atom. The van der Waals surface area contributed by atoms with Crippen molar-refractivity contribution in [2.45, 2.75) is 32.1 Å². The fraction of sp³-hybridized carbons (Fsp3) is 0.421. The van der Waals surface area contributed by atoms with Gasteiger partial charge in [0.15, 0.2) is 5.13 Å². The monoisotopic (exact) mass is 370 g/mol. The highest BCUT2D eigenvalue weighted by Crippen LogP contribution is 2.26. The summed E-state index contributed by atoms with van der Waals surface area (Å²) in [6.07, 6.45) is 4.13. The highest BCUT2D eigenvalue weighted by Gasteiger charge is 2.24. The zero-order chi connectivity index (χ0) is 17.9. The van der Waals surface area contributed by atoms with Crippen LogP contribution in [0.1, 0.15) is 31.4 Å². The van der Waals surface area contributed by atoms with Gasteiger partial charge in [0.1, 0.15) is 0 Å². The number of benzene rings is 1. The number of carbonyl (C=O) groups is 2. The molecule has 26 heavy (non-hydrogen) atoms. The molecule has 2 aliphatic heterocycles. The Kier molecular flexibility index (Phi) is 4.88. The largest absolute Gasteiger partial charge is 0.371 e. The van der Waals surface area contributed by atoms with E-state index in [1.54, 1.807) is 4.90 Å². The minimum absolute atomic E-state index is 0.0897. The van der Waals surface area contributed by atoms with Crippen LogP contribution in [0, 0.1) is 0 Å². The second-order valence-corrected chi connectivity index (χ2v) is 7.58. The maximum atomic E-state index is 12.4. The van der Waals surface area contributed by atoms with Crippen LogP contribution in [0.2, 0.25) is 0 Å². The van der Waals surface area contributed by atoms with Gasteiger partial charge in [-0.05, 0) is 37.5 Å². The fourth-order valence-electron chi connectivity index (χ4n) is 3.48. The Hall–Kier alpha value is -2.41. The molecule has 2 fully saturated rings. The van der Waals surface area contributed by atoms with E-state index in [4.69, 9.17) is 0 Å². The van der Waals surface area contributed by atoms with Crippen LogP contribution in [0.25, 0.3) is 0 Å². The summed E-state index contributed by atoms with van der Waals surface area (Å²) in [7, 11) is 0. The molecular weight excluding hydrogens is 348 g/mol. The minimum Gasteiger partial charge on any atom is -0.371 e. The first-order valence-corrected chi connectivity index (χ1v) is 9.97. The first-order chi connectivity index (χ1) is 12.7. The van der Waals surface area contributed by atoms with Crippen molar-refractivity contribution in [2.24, 2.45) is 0 Å². The first-order valence-electron chi connectivity index (χ1n) is 9.09. The van der Waals surface area contributed by atoms with Gasteiger partial charge in [-0.3, -0.25) is 14.5 Å². The summed E-state index contributed by atoms with van der Waals surface area (Å²) < 4.78 is 0. The molecule has 1 aromatic carbocycles. The second-order valence-electron chi connectivity index (χ2n) is 6.74. The maximum absolute atomic E-state index is 12.4. The van der Waals surface area contributed by atoms with E-state index in [1.165, 1.54) is 24.2 Å². The molecule has 1 N–H and O–H groups in total. The second kappa shape index (κ2) is 7.45. The summed E-state index contributed by atoms with van der Waals surface area (Å²) in [6, 6.07) is 8.00. The van der Waals surface area contributed by atoms with Crippen molar-refractivity contribution in [1.29, 1.82) is 0 Å². The maximum Gasteiger partial charge on any atom is 0.230 e. The van der Waals surface area contributed by atoms with Gasteiger partial charge in [-0.25, -0.2) is 4.98 Å². The van der Waals surface area contributed by atoms with E-state index in [2.05, 4.69) is 21.3 Å². The number of amides is 2. The molecule has 0 spiro atoms. The molecule has 2 saturated heterocycles. The molecule has 2 aromatic rings. The zero-order valence-corrected chi connectivity index (χ0v) is 15.4. The predicted molar refractivity (Wildman–Crippen MR) is 104 cm³/mol. The van der Waals surface area contributed by atoms with Crippen molar-refractivity contribution in [3.8, 4) is 0 Å². The van der Waals surface area contributed by atoms with Crippen LogP contribution in [0.4, 0.5) is 16.5 Å². The van der Waals surface area contributed by atoms with Gasteiger partial charge in [0.05, 0.1) is 12.1 Å². The Labute approximate surface area is 156 Å². The molecule has 0 unspecified atom stereocenters. The molecule has 136 valence electrons. The molecule has 0 aliphatic carbocycles. The van der Waals surface area contributed by atoms with E-state index >= 15 is 0 Å². The number of thiazole rings is 1. The number of hydrogen-bond donors (Lipinski definition) is 1. The van der Waals surface area contributed by atoms with Crippen LogP contribution in [-0.2, 0) is 16.0 Å².